The van der Waals surface area contributed by atoms with E-state index in [1.54, 1.807) is 18.4 Å². The van der Waals surface area contributed by atoms with E-state index in [1.807, 2.05) is 25.1 Å². The minimum atomic E-state index is -0.0455. The van der Waals surface area contributed by atoms with Crippen LogP contribution >= 0.6 is 22.9 Å². The Balaban J connectivity index is 1.43. The molecule has 0 radical (unpaired) electrons. The fraction of sp³-hybridized carbons (Fsp3) is 0.400. The molecule has 2 aromatic rings. The summed E-state index contributed by atoms with van der Waals surface area (Å²) in [6.45, 7) is 6.18. The number of nitrogens with zero attached hydrogens (tertiary/aromatic N) is 3. The molecule has 1 aliphatic heterocycles. The van der Waals surface area contributed by atoms with Crippen LogP contribution in [0.3, 0.4) is 0 Å². The largest absolute Gasteiger partial charge is 0.360 e. The number of nitrogens with one attached hydrogen (secondary N) is 2. The zero-order valence-electron chi connectivity index (χ0n) is 16.2. The highest BCUT2D eigenvalue weighted by Crippen LogP contribution is 2.23. The Morgan fingerprint density at radius 1 is 1.21 bits per heavy atom. The lowest BCUT2D eigenvalue weighted by atomic mass is 10.2. The zero-order valence-corrected chi connectivity index (χ0v) is 17.8. The highest BCUT2D eigenvalue weighted by atomic mass is 35.5. The quantitative estimate of drug-likeness (QED) is 0.575. The van der Waals surface area contributed by atoms with Crippen LogP contribution < -0.4 is 15.5 Å². The topological polar surface area (TPSA) is 60.0 Å². The van der Waals surface area contributed by atoms with E-state index in [-0.39, 0.29) is 5.91 Å². The molecule has 0 unspecified atom stereocenters. The van der Waals surface area contributed by atoms with Crippen LogP contribution in [0.1, 0.15) is 12.0 Å². The van der Waals surface area contributed by atoms with Crippen molar-refractivity contribution in [2.24, 2.45) is 4.99 Å². The number of aliphatic imine (C=N–C) groups is 1. The smallest absolute Gasteiger partial charge is 0.226 e. The molecule has 6 nitrogen and oxygen atoms in total. The lowest BCUT2D eigenvalue weighted by Crippen LogP contribution is -2.52. The highest BCUT2D eigenvalue weighted by molar-refractivity contribution is 7.14. The van der Waals surface area contributed by atoms with Gasteiger partial charge >= 0.3 is 0 Å². The predicted molar refractivity (Wildman–Crippen MR) is 119 cm³/mol. The van der Waals surface area contributed by atoms with Crippen molar-refractivity contribution in [2.75, 3.05) is 50.0 Å². The monoisotopic (exact) mass is 419 g/mol. The van der Waals surface area contributed by atoms with Crippen LogP contribution in [0.2, 0.25) is 5.02 Å². The summed E-state index contributed by atoms with van der Waals surface area (Å²) in [5.41, 5.74) is 1.64. The molecule has 0 spiro atoms. The summed E-state index contributed by atoms with van der Waals surface area (Å²) in [7, 11) is 1.78. The van der Waals surface area contributed by atoms with Gasteiger partial charge in [0.25, 0.3) is 0 Å². The normalized spacial score (nSPS) is 14.9. The van der Waals surface area contributed by atoms with Crippen LogP contribution in [0, 0.1) is 6.92 Å². The lowest BCUT2D eigenvalue weighted by molar-refractivity contribution is -0.116. The van der Waals surface area contributed by atoms with Gasteiger partial charge < -0.3 is 20.4 Å². The first-order chi connectivity index (χ1) is 13.6. The molecule has 28 heavy (non-hydrogen) atoms. The number of anilines is 2. The van der Waals surface area contributed by atoms with Gasteiger partial charge in [-0.15, -0.1) is 11.3 Å². The average molecular weight is 420 g/mol. The lowest BCUT2D eigenvalue weighted by Gasteiger charge is -2.37. The van der Waals surface area contributed by atoms with Gasteiger partial charge in [-0.05, 0) is 42.1 Å². The van der Waals surface area contributed by atoms with E-state index in [0.29, 0.717) is 18.0 Å². The van der Waals surface area contributed by atoms with Crippen molar-refractivity contribution in [1.82, 2.24) is 10.2 Å². The number of benzene rings is 1. The minimum absolute atomic E-state index is 0.0455. The van der Waals surface area contributed by atoms with Crippen molar-refractivity contribution in [2.45, 2.75) is 13.3 Å². The second kappa shape index (κ2) is 9.80. The molecule has 0 aliphatic carbocycles. The summed E-state index contributed by atoms with van der Waals surface area (Å²) in [4.78, 5) is 21.3. The first-order valence-corrected chi connectivity index (χ1v) is 10.6. The predicted octanol–water partition coefficient (Wildman–Crippen LogP) is 3.44. The van der Waals surface area contributed by atoms with E-state index in [2.05, 4.69) is 42.9 Å². The van der Waals surface area contributed by atoms with E-state index < -0.39 is 0 Å². The number of amides is 1. The Labute approximate surface area is 175 Å². The molecule has 1 aromatic carbocycles. The third kappa shape index (κ3) is 5.17. The molecule has 0 atom stereocenters. The second-order valence-electron chi connectivity index (χ2n) is 6.61. The summed E-state index contributed by atoms with van der Waals surface area (Å²) in [6, 6.07) is 9.76. The number of hydrogen-bond acceptors (Lipinski definition) is 4. The first kappa shape index (κ1) is 20.5. The number of hydrogen-bond donors (Lipinski definition) is 2. The summed E-state index contributed by atoms with van der Waals surface area (Å²) in [5, 5.41) is 10.3. The van der Waals surface area contributed by atoms with Crippen LogP contribution in [-0.2, 0) is 4.79 Å². The van der Waals surface area contributed by atoms with E-state index in [1.165, 1.54) is 5.00 Å². The summed E-state index contributed by atoms with van der Waals surface area (Å²) in [6.07, 6.45) is 0.361. The van der Waals surface area contributed by atoms with Crippen LogP contribution in [0.25, 0.3) is 0 Å². The number of carbonyl (C=O) groups excluding carboxylic acids is 1. The van der Waals surface area contributed by atoms with Crippen molar-refractivity contribution in [1.29, 1.82) is 0 Å². The Morgan fingerprint density at radius 2 is 2.00 bits per heavy atom. The maximum atomic E-state index is 12.2. The Hall–Kier alpha value is -2.25. The standard InChI is InChI=1S/C20H26ClN5OS/c1-15-16(21)5-3-6-17(15)24-18(27)8-9-23-20(22-2)26-12-10-25(11-13-26)19-7-4-14-28-19/h3-7,14H,8-13H2,1-2H3,(H,22,23)(H,24,27). The molecule has 3 rings (SSSR count). The third-order valence-corrected chi connectivity index (χ3v) is 6.12. The molecule has 2 N–H and O–H groups in total. The molecule has 1 aliphatic rings. The maximum Gasteiger partial charge on any atom is 0.226 e. The van der Waals surface area contributed by atoms with Gasteiger partial charge in [-0.1, -0.05) is 17.7 Å². The Morgan fingerprint density at radius 3 is 2.68 bits per heavy atom. The number of carbonyl (C=O) groups is 1. The minimum Gasteiger partial charge on any atom is -0.360 e. The maximum absolute atomic E-state index is 12.2. The van der Waals surface area contributed by atoms with Gasteiger partial charge in [0.05, 0.1) is 5.00 Å². The Bertz CT molecular complexity index is 816. The summed E-state index contributed by atoms with van der Waals surface area (Å²) in [5.74, 6) is 0.799. The molecular weight excluding hydrogens is 394 g/mol. The van der Waals surface area contributed by atoms with Crippen LogP contribution in [0.5, 0.6) is 0 Å². The van der Waals surface area contributed by atoms with E-state index in [9.17, 15) is 4.79 Å². The fourth-order valence-electron chi connectivity index (χ4n) is 3.16. The molecule has 2 heterocycles. The van der Waals surface area contributed by atoms with Crippen molar-refractivity contribution in [3.05, 3.63) is 46.3 Å². The molecule has 0 bridgehead atoms. The highest BCUT2D eigenvalue weighted by Gasteiger charge is 2.20. The molecule has 1 fully saturated rings. The number of rotatable bonds is 5. The van der Waals surface area contributed by atoms with Gasteiger partial charge in [0.1, 0.15) is 0 Å². The summed E-state index contributed by atoms with van der Waals surface area (Å²) < 4.78 is 0. The zero-order chi connectivity index (χ0) is 19.9. The molecule has 1 amide bonds. The fourth-order valence-corrected chi connectivity index (χ4v) is 4.12. The van der Waals surface area contributed by atoms with Crippen molar-refractivity contribution < 1.29 is 4.79 Å². The average Bonchev–Trinajstić information content (AvgIpc) is 3.24. The van der Waals surface area contributed by atoms with Crippen LogP contribution in [0.4, 0.5) is 10.7 Å². The van der Waals surface area contributed by atoms with Crippen molar-refractivity contribution in [3.8, 4) is 0 Å². The van der Waals surface area contributed by atoms with Gasteiger partial charge in [0, 0.05) is 56.9 Å². The van der Waals surface area contributed by atoms with Gasteiger partial charge in [-0.25, -0.2) is 0 Å². The number of guanidine groups is 1. The second-order valence-corrected chi connectivity index (χ2v) is 7.94. The van der Waals surface area contributed by atoms with E-state index in [0.717, 1.165) is 43.4 Å². The number of piperazine rings is 1. The van der Waals surface area contributed by atoms with Gasteiger partial charge in [-0.3, -0.25) is 9.79 Å². The molecule has 0 saturated carbocycles. The van der Waals surface area contributed by atoms with E-state index >= 15 is 0 Å². The van der Waals surface area contributed by atoms with Gasteiger partial charge in [0.2, 0.25) is 5.91 Å². The molecule has 150 valence electrons. The Kier molecular flexibility index (Phi) is 7.17. The molecule has 8 heteroatoms. The number of thiophene rings is 1. The van der Waals surface area contributed by atoms with Crippen molar-refractivity contribution in [3.63, 3.8) is 0 Å². The van der Waals surface area contributed by atoms with Crippen molar-refractivity contribution >= 4 is 45.5 Å². The molecule has 1 saturated heterocycles. The van der Waals surface area contributed by atoms with Gasteiger partial charge in [-0.2, -0.15) is 0 Å². The third-order valence-electron chi connectivity index (χ3n) is 4.79. The summed E-state index contributed by atoms with van der Waals surface area (Å²) >= 11 is 7.88. The van der Waals surface area contributed by atoms with Gasteiger partial charge in [0.15, 0.2) is 5.96 Å². The number of halogens is 1. The SMILES string of the molecule is CN=C(NCCC(=O)Nc1cccc(Cl)c1C)N1CCN(c2cccs2)CC1. The van der Waals surface area contributed by atoms with Crippen LogP contribution in [-0.4, -0.2) is 56.5 Å². The molecule has 1 aromatic heterocycles. The molecular formula is C20H26ClN5OS. The van der Waals surface area contributed by atoms with E-state index in [4.69, 9.17) is 11.6 Å². The first-order valence-electron chi connectivity index (χ1n) is 9.37. The van der Waals surface area contributed by atoms with Crippen LogP contribution in [0.15, 0.2) is 40.7 Å².